The third kappa shape index (κ3) is 4.53. The molecule has 0 amide bonds. The molecule has 1 aliphatic rings. The first kappa shape index (κ1) is 14.8. The van der Waals surface area contributed by atoms with Crippen molar-refractivity contribution >= 4 is 0 Å². The van der Waals surface area contributed by atoms with Crippen LogP contribution in [-0.2, 0) is 0 Å². The zero-order valence-electron chi connectivity index (χ0n) is 11.4. The second-order valence-corrected chi connectivity index (χ2v) is 5.14. The molecule has 0 unspecified atom stereocenters. The number of nitrogens with one attached hydrogen (secondary N) is 1. The Hall–Kier alpha value is -1.28. The Morgan fingerprint density at radius 2 is 1.78 bits per heavy atom. The molecule has 0 heterocycles. The normalized spacial score (nSPS) is 16.1. The van der Waals surface area contributed by atoms with Gasteiger partial charge in [0, 0.05) is 18.2 Å². The van der Waals surface area contributed by atoms with Crippen LogP contribution >= 0.6 is 0 Å². The third-order valence-electron chi connectivity index (χ3n) is 3.55. The average molecular weight is 246 g/mol. The molecule has 0 aromatic carbocycles. The predicted molar refractivity (Wildman–Crippen MR) is 80.2 cm³/mol. The van der Waals surface area contributed by atoms with E-state index in [2.05, 4.69) is 31.6 Å². The van der Waals surface area contributed by atoms with Crippen LogP contribution in [0.5, 0.6) is 0 Å². The maximum atomic E-state index is 5.46. The lowest BCUT2D eigenvalue weighted by Gasteiger charge is -2.15. The summed E-state index contributed by atoms with van der Waals surface area (Å²) in [6, 6.07) is 0. The summed E-state index contributed by atoms with van der Waals surface area (Å²) in [6.07, 6.45) is 5.01. The van der Waals surface area contributed by atoms with Crippen molar-refractivity contribution in [3.63, 3.8) is 0 Å². The minimum Gasteiger partial charge on any atom is -0.388 e. The first-order valence-corrected chi connectivity index (χ1v) is 6.68. The van der Waals surface area contributed by atoms with Crippen LogP contribution in [0, 0.1) is 5.92 Å². The molecule has 1 fully saturated rings. The van der Waals surface area contributed by atoms with Crippen LogP contribution in [0.2, 0.25) is 0 Å². The molecule has 0 bridgehead atoms. The Balaban J connectivity index is 2.23. The van der Waals surface area contributed by atoms with Crippen molar-refractivity contribution in [2.45, 2.75) is 32.1 Å². The number of allylic oxidation sites excluding steroid dienone is 2. The first-order valence-electron chi connectivity index (χ1n) is 6.68. The van der Waals surface area contributed by atoms with E-state index in [0.29, 0.717) is 12.5 Å². The maximum Gasteiger partial charge on any atom is 0.0180 e. The summed E-state index contributed by atoms with van der Waals surface area (Å²) in [5.41, 5.74) is 10.4. The molecule has 2 nitrogen and oxygen atoms in total. The van der Waals surface area contributed by atoms with E-state index in [-0.39, 0.29) is 0 Å². The van der Waals surface area contributed by atoms with Crippen molar-refractivity contribution in [3.8, 4) is 0 Å². The second kappa shape index (κ2) is 7.22. The first-order chi connectivity index (χ1) is 8.54. The highest BCUT2D eigenvalue weighted by atomic mass is 14.9. The van der Waals surface area contributed by atoms with Crippen LogP contribution in [0.1, 0.15) is 32.1 Å². The second-order valence-electron chi connectivity index (χ2n) is 5.14. The fraction of sp³-hybridized carbons (Fsp3) is 0.500. The summed E-state index contributed by atoms with van der Waals surface area (Å²) < 4.78 is 0. The van der Waals surface area contributed by atoms with Gasteiger partial charge in [-0.15, -0.1) is 0 Å². The zero-order valence-corrected chi connectivity index (χ0v) is 11.4. The minimum atomic E-state index is 0.463. The van der Waals surface area contributed by atoms with Crippen molar-refractivity contribution in [1.29, 1.82) is 0 Å². The van der Waals surface area contributed by atoms with E-state index in [1.54, 1.807) is 0 Å². The summed E-state index contributed by atoms with van der Waals surface area (Å²) in [4.78, 5) is 0. The highest BCUT2D eigenvalue weighted by molar-refractivity contribution is 5.26. The van der Waals surface area contributed by atoms with Gasteiger partial charge in [-0.2, -0.15) is 0 Å². The highest BCUT2D eigenvalue weighted by Gasteiger charge is 2.23. The van der Waals surface area contributed by atoms with Gasteiger partial charge in [0.25, 0.3) is 0 Å². The number of nitrogens with two attached hydrogens (primary N) is 1. The number of hydrogen-bond donors (Lipinski definition) is 2. The molecule has 1 saturated carbocycles. The number of hydrogen-bond acceptors (Lipinski definition) is 2. The molecule has 0 atom stereocenters. The van der Waals surface area contributed by atoms with Crippen molar-refractivity contribution in [2.24, 2.45) is 11.7 Å². The van der Waals surface area contributed by atoms with Gasteiger partial charge in [0.2, 0.25) is 0 Å². The lowest BCUT2D eigenvalue weighted by Crippen LogP contribution is -2.17. The molecule has 0 aromatic rings. The number of rotatable bonds is 8. The summed E-state index contributed by atoms with van der Waals surface area (Å²) >= 11 is 0. The minimum absolute atomic E-state index is 0.463. The van der Waals surface area contributed by atoms with Crippen molar-refractivity contribution in [1.82, 2.24) is 5.32 Å². The van der Waals surface area contributed by atoms with E-state index >= 15 is 0 Å². The summed E-state index contributed by atoms with van der Waals surface area (Å²) in [5, 5.41) is 3.28. The Labute approximate surface area is 111 Å². The fourth-order valence-electron chi connectivity index (χ4n) is 2.32. The molecule has 0 saturated heterocycles. The van der Waals surface area contributed by atoms with E-state index in [1.165, 1.54) is 16.7 Å². The monoisotopic (exact) mass is 246 g/mol. The van der Waals surface area contributed by atoms with Gasteiger partial charge in [-0.3, -0.25) is 0 Å². The summed E-state index contributed by atoms with van der Waals surface area (Å²) in [6.45, 7) is 17.9. The molecule has 3 N–H and O–H groups in total. The van der Waals surface area contributed by atoms with Crippen LogP contribution in [0.3, 0.4) is 0 Å². The zero-order chi connectivity index (χ0) is 13.5. The predicted octanol–water partition coefficient (Wildman–Crippen LogP) is 3.30. The maximum absolute atomic E-state index is 5.46. The van der Waals surface area contributed by atoms with Gasteiger partial charge in [0.05, 0.1) is 0 Å². The van der Waals surface area contributed by atoms with Crippen LogP contribution < -0.4 is 11.1 Å². The Morgan fingerprint density at radius 1 is 1.17 bits per heavy atom. The van der Waals surface area contributed by atoms with E-state index in [9.17, 15) is 0 Å². The van der Waals surface area contributed by atoms with Crippen LogP contribution in [0.25, 0.3) is 0 Å². The lowest BCUT2D eigenvalue weighted by atomic mass is 9.92. The van der Waals surface area contributed by atoms with Crippen LogP contribution in [0.15, 0.2) is 48.7 Å². The van der Waals surface area contributed by atoms with E-state index in [4.69, 9.17) is 5.73 Å². The molecule has 0 aliphatic heterocycles. The molecular weight excluding hydrogens is 220 g/mol. The summed E-state index contributed by atoms with van der Waals surface area (Å²) in [5.74, 6) is 0.463. The van der Waals surface area contributed by atoms with Crippen LogP contribution in [-0.4, -0.2) is 13.1 Å². The fourth-order valence-corrected chi connectivity index (χ4v) is 2.32. The van der Waals surface area contributed by atoms with Gasteiger partial charge in [-0.05, 0) is 38.6 Å². The van der Waals surface area contributed by atoms with Crippen molar-refractivity contribution in [2.75, 3.05) is 13.1 Å². The lowest BCUT2D eigenvalue weighted by molar-refractivity contribution is 0.680. The molecule has 100 valence electrons. The van der Waals surface area contributed by atoms with Gasteiger partial charge >= 0.3 is 0 Å². The Morgan fingerprint density at radius 3 is 2.33 bits per heavy atom. The smallest absolute Gasteiger partial charge is 0.0180 e. The van der Waals surface area contributed by atoms with Gasteiger partial charge < -0.3 is 11.1 Å². The Kier molecular flexibility index (Phi) is 5.93. The topological polar surface area (TPSA) is 38.0 Å². The molecule has 1 rings (SSSR count). The quantitative estimate of drug-likeness (QED) is 0.645. The van der Waals surface area contributed by atoms with Gasteiger partial charge in [0.15, 0.2) is 0 Å². The van der Waals surface area contributed by atoms with E-state index < -0.39 is 0 Å². The highest BCUT2D eigenvalue weighted by Crippen LogP contribution is 2.37. The Bertz CT molecular complexity index is 336. The van der Waals surface area contributed by atoms with E-state index in [0.717, 1.165) is 44.3 Å². The molecule has 0 aromatic heterocycles. The van der Waals surface area contributed by atoms with Crippen LogP contribution in [0.4, 0.5) is 0 Å². The van der Waals surface area contributed by atoms with Gasteiger partial charge in [-0.1, -0.05) is 43.0 Å². The van der Waals surface area contributed by atoms with Crippen molar-refractivity contribution in [3.05, 3.63) is 48.7 Å². The van der Waals surface area contributed by atoms with E-state index in [1.807, 2.05) is 0 Å². The standard InChI is InChI=1S/C16H26N2/c1-12(8-10-18-15(4)7-9-17)11-16-13(2)5-6-14(16)3/h16,18H,1-11,17H2. The molecule has 0 spiro atoms. The molecule has 1 aliphatic carbocycles. The van der Waals surface area contributed by atoms with Crippen molar-refractivity contribution < 1.29 is 0 Å². The SMILES string of the molecule is C=C(CCNC(=C)CCN)CC1C(=C)CCC1=C. The molecular formula is C16H26N2. The largest absolute Gasteiger partial charge is 0.388 e. The van der Waals surface area contributed by atoms with Gasteiger partial charge in [0.1, 0.15) is 0 Å². The molecule has 0 radical (unpaired) electrons. The van der Waals surface area contributed by atoms with Gasteiger partial charge in [-0.25, -0.2) is 0 Å². The average Bonchev–Trinajstić information content (AvgIpc) is 2.61. The third-order valence-corrected chi connectivity index (χ3v) is 3.55. The molecule has 2 heteroatoms. The summed E-state index contributed by atoms with van der Waals surface area (Å²) in [7, 11) is 0. The molecule has 18 heavy (non-hydrogen) atoms.